The van der Waals surface area contributed by atoms with Crippen molar-refractivity contribution >= 4 is 0 Å². The zero-order valence-corrected chi connectivity index (χ0v) is 15.0. The molecule has 1 saturated carbocycles. The summed E-state index contributed by atoms with van der Waals surface area (Å²) >= 11 is 0. The fourth-order valence-corrected chi connectivity index (χ4v) is 3.66. The molecular formula is C22H28FN. The first-order valence-corrected chi connectivity index (χ1v) is 9.03. The molecule has 0 saturated heterocycles. The molecule has 0 bridgehead atoms. The number of rotatable bonds is 4. The number of nitrogens with one attached hydrogen (secondary N) is 1. The lowest BCUT2D eigenvalue weighted by Gasteiger charge is -2.34. The van der Waals surface area contributed by atoms with Gasteiger partial charge < -0.3 is 5.32 Å². The first kappa shape index (κ1) is 17.2. The molecule has 3 rings (SSSR count). The molecule has 1 aliphatic rings. The van der Waals surface area contributed by atoms with Crippen LogP contribution in [0.3, 0.4) is 0 Å². The van der Waals surface area contributed by atoms with Gasteiger partial charge in [0.2, 0.25) is 0 Å². The summed E-state index contributed by atoms with van der Waals surface area (Å²) in [6, 6.07) is 14.2. The predicted molar refractivity (Wildman–Crippen MR) is 99.4 cm³/mol. The normalized spacial score (nSPS) is 17.8. The van der Waals surface area contributed by atoms with Gasteiger partial charge in [-0.15, -0.1) is 0 Å². The Bertz CT molecular complexity index is 695. The van der Waals surface area contributed by atoms with Crippen molar-refractivity contribution in [2.45, 2.75) is 59.0 Å². The van der Waals surface area contributed by atoms with Crippen LogP contribution < -0.4 is 5.32 Å². The van der Waals surface area contributed by atoms with Gasteiger partial charge in [-0.2, -0.15) is 0 Å². The number of benzene rings is 2. The molecule has 1 N–H and O–H groups in total. The minimum absolute atomic E-state index is 0.0876. The molecule has 0 radical (unpaired) electrons. The molecule has 0 aromatic heterocycles. The van der Waals surface area contributed by atoms with E-state index in [1.807, 2.05) is 49.4 Å². The van der Waals surface area contributed by atoms with Gasteiger partial charge in [0, 0.05) is 23.7 Å². The molecule has 1 fully saturated rings. The van der Waals surface area contributed by atoms with Crippen molar-refractivity contribution in [3.63, 3.8) is 0 Å². The molecule has 0 unspecified atom stereocenters. The van der Waals surface area contributed by atoms with Crippen LogP contribution in [0.15, 0.2) is 42.5 Å². The van der Waals surface area contributed by atoms with Gasteiger partial charge in [-0.1, -0.05) is 56.3 Å². The summed E-state index contributed by atoms with van der Waals surface area (Å²) in [5, 5.41) is 3.57. The first-order valence-electron chi connectivity index (χ1n) is 9.03. The van der Waals surface area contributed by atoms with Crippen LogP contribution in [0.4, 0.5) is 4.39 Å². The van der Waals surface area contributed by atoms with Crippen molar-refractivity contribution < 1.29 is 4.39 Å². The van der Waals surface area contributed by atoms with E-state index in [2.05, 4.69) is 19.2 Å². The molecule has 1 nitrogen and oxygen atoms in total. The Morgan fingerprint density at radius 3 is 2.38 bits per heavy atom. The van der Waals surface area contributed by atoms with Gasteiger partial charge in [0.25, 0.3) is 0 Å². The highest BCUT2D eigenvalue weighted by Gasteiger charge is 2.26. The van der Waals surface area contributed by atoms with E-state index in [-0.39, 0.29) is 5.82 Å². The molecule has 0 aliphatic heterocycles. The van der Waals surface area contributed by atoms with Crippen LogP contribution in [-0.2, 0) is 6.54 Å². The van der Waals surface area contributed by atoms with E-state index in [9.17, 15) is 4.39 Å². The van der Waals surface area contributed by atoms with Crippen LogP contribution in [0.25, 0.3) is 11.1 Å². The molecule has 2 aromatic carbocycles. The molecule has 2 heteroatoms. The van der Waals surface area contributed by atoms with E-state index in [0.29, 0.717) is 23.6 Å². The Morgan fingerprint density at radius 1 is 1.00 bits per heavy atom. The number of hydrogen-bond acceptors (Lipinski definition) is 1. The van der Waals surface area contributed by atoms with Crippen LogP contribution in [0, 0.1) is 18.2 Å². The largest absolute Gasteiger partial charge is 0.310 e. The average Bonchev–Trinajstić information content (AvgIpc) is 2.56. The van der Waals surface area contributed by atoms with Crippen LogP contribution in [0.2, 0.25) is 0 Å². The first-order chi connectivity index (χ1) is 11.5. The quantitative estimate of drug-likeness (QED) is 0.742. The smallest absolute Gasteiger partial charge is 0.135 e. The standard InChI is InChI=1S/C22H28FN/c1-16-7-4-5-9-19(16)20-10-6-8-17(21(20)23)15-24-18-11-13-22(2,3)14-12-18/h4-10,18,24H,11-15H2,1-3H3. The fourth-order valence-electron chi connectivity index (χ4n) is 3.66. The van der Waals surface area contributed by atoms with Crippen LogP contribution in [0.5, 0.6) is 0 Å². The third-order valence-corrected chi connectivity index (χ3v) is 5.43. The predicted octanol–water partition coefficient (Wildman–Crippen LogP) is 5.86. The zero-order valence-electron chi connectivity index (χ0n) is 15.0. The summed E-state index contributed by atoms with van der Waals surface area (Å²) in [6.07, 6.45) is 4.87. The molecular weight excluding hydrogens is 297 g/mol. The van der Waals surface area contributed by atoms with Crippen LogP contribution in [-0.4, -0.2) is 6.04 Å². The van der Waals surface area contributed by atoms with E-state index in [1.165, 1.54) is 25.7 Å². The second-order valence-corrected chi connectivity index (χ2v) is 7.91. The van der Waals surface area contributed by atoms with Crippen molar-refractivity contribution in [1.29, 1.82) is 0 Å². The van der Waals surface area contributed by atoms with Crippen LogP contribution >= 0.6 is 0 Å². The third-order valence-electron chi connectivity index (χ3n) is 5.43. The molecule has 128 valence electrons. The second kappa shape index (κ2) is 7.06. The van der Waals surface area contributed by atoms with Crippen molar-refractivity contribution in [3.05, 3.63) is 59.4 Å². The van der Waals surface area contributed by atoms with E-state index in [4.69, 9.17) is 0 Å². The topological polar surface area (TPSA) is 12.0 Å². The molecule has 0 atom stereocenters. The van der Waals surface area contributed by atoms with Gasteiger partial charge in [0.15, 0.2) is 0 Å². The summed E-state index contributed by atoms with van der Waals surface area (Å²) < 4.78 is 15.0. The van der Waals surface area contributed by atoms with E-state index in [0.717, 1.165) is 16.7 Å². The van der Waals surface area contributed by atoms with Crippen molar-refractivity contribution in [2.24, 2.45) is 5.41 Å². The molecule has 24 heavy (non-hydrogen) atoms. The SMILES string of the molecule is Cc1ccccc1-c1cccc(CNC2CCC(C)(C)CC2)c1F. The minimum Gasteiger partial charge on any atom is -0.310 e. The van der Waals surface area contributed by atoms with Crippen molar-refractivity contribution in [1.82, 2.24) is 5.32 Å². The lowest BCUT2D eigenvalue weighted by atomic mass is 9.75. The van der Waals surface area contributed by atoms with Gasteiger partial charge in [0.05, 0.1) is 0 Å². The van der Waals surface area contributed by atoms with E-state index in [1.54, 1.807) is 0 Å². The maximum absolute atomic E-state index is 15.0. The van der Waals surface area contributed by atoms with Gasteiger partial charge in [-0.25, -0.2) is 4.39 Å². The monoisotopic (exact) mass is 325 g/mol. The average molecular weight is 325 g/mol. The number of hydrogen-bond donors (Lipinski definition) is 1. The Hall–Kier alpha value is -1.67. The van der Waals surface area contributed by atoms with Gasteiger partial charge in [-0.3, -0.25) is 0 Å². The zero-order chi connectivity index (χ0) is 17.2. The highest BCUT2D eigenvalue weighted by Crippen LogP contribution is 2.35. The molecule has 0 spiro atoms. The molecule has 0 amide bonds. The number of aryl methyl sites for hydroxylation is 1. The van der Waals surface area contributed by atoms with Gasteiger partial charge in [-0.05, 0) is 49.1 Å². The van der Waals surface area contributed by atoms with Crippen molar-refractivity contribution in [3.8, 4) is 11.1 Å². The highest BCUT2D eigenvalue weighted by molar-refractivity contribution is 5.68. The lowest BCUT2D eigenvalue weighted by molar-refractivity contribution is 0.205. The van der Waals surface area contributed by atoms with Gasteiger partial charge in [0.1, 0.15) is 5.82 Å². The molecule has 2 aromatic rings. The summed E-state index contributed by atoms with van der Waals surface area (Å²) in [4.78, 5) is 0. The molecule has 0 heterocycles. The lowest BCUT2D eigenvalue weighted by Crippen LogP contribution is -2.35. The summed E-state index contributed by atoms with van der Waals surface area (Å²) in [6.45, 7) is 7.32. The second-order valence-electron chi connectivity index (χ2n) is 7.91. The summed E-state index contributed by atoms with van der Waals surface area (Å²) in [5.74, 6) is -0.0876. The maximum atomic E-state index is 15.0. The highest BCUT2D eigenvalue weighted by atomic mass is 19.1. The maximum Gasteiger partial charge on any atom is 0.135 e. The summed E-state index contributed by atoms with van der Waals surface area (Å²) in [5.41, 5.74) is 4.03. The number of halogens is 1. The fraction of sp³-hybridized carbons (Fsp3) is 0.455. The Labute approximate surface area is 145 Å². The van der Waals surface area contributed by atoms with E-state index < -0.39 is 0 Å². The Morgan fingerprint density at radius 2 is 1.67 bits per heavy atom. The van der Waals surface area contributed by atoms with Gasteiger partial charge >= 0.3 is 0 Å². The third kappa shape index (κ3) is 3.87. The van der Waals surface area contributed by atoms with E-state index >= 15 is 0 Å². The summed E-state index contributed by atoms with van der Waals surface area (Å²) in [7, 11) is 0. The van der Waals surface area contributed by atoms with Crippen molar-refractivity contribution in [2.75, 3.05) is 0 Å². The molecule has 1 aliphatic carbocycles. The Balaban J connectivity index is 1.71. The van der Waals surface area contributed by atoms with Crippen LogP contribution in [0.1, 0.15) is 50.7 Å². The minimum atomic E-state index is -0.0876. The Kier molecular flexibility index (Phi) is 5.05.